The fourth-order valence-corrected chi connectivity index (χ4v) is 1.94. The number of hydrogen-bond donors (Lipinski definition) is 1. The summed E-state index contributed by atoms with van der Waals surface area (Å²) in [6.45, 7) is 6.51. The van der Waals surface area contributed by atoms with Crippen LogP contribution in [0.5, 0.6) is 5.75 Å². The van der Waals surface area contributed by atoms with Gasteiger partial charge in [-0.2, -0.15) is 0 Å². The summed E-state index contributed by atoms with van der Waals surface area (Å²) in [6.07, 6.45) is 7.76. The first-order valence-electron chi connectivity index (χ1n) is 8.57. The van der Waals surface area contributed by atoms with Crippen molar-refractivity contribution in [3.8, 4) is 5.75 Å². The van der Waals surface area contributed by atoms with Crippen LogP contribution in [0.1, 0.15) is 55.8 Å². The van der Waals surface area contributed by atoms with Crippen LogP contribution in [0.15, 0.2) is 36.4 Å². The van der Waals surface area contributed by atoms with Crippen LogP contribution in [-0.4, -0.2) is 37.7 Å². The van der Waals surface area contributed by atoms with Gasteiger partial charge in [0.2, 0.25) is 0 Å². The summed E-state index contributed by atoms with van der Waals surface area (Å²) in [5.74, 6) is -0.180. The molecule has 0 unspecified atom stereocenters. The summed E-state index contributed by atoms with van der Waals surface area (Å²) in [7, 11) is 1.74. The van der Waals surface area contributed by atoms with Crippen molar-refractivity contribution in [1.29, 1.82) is 0 Å². The van der Waals surface area contributed by atoms with Crippen LogP contribution in [0.2, 0.25) is 0 Å². The van der Waals surface area contributed by atoms with Crippen LogP contribution >= 0.6 is 0 Å². The second kappa shape index (κ2) is 15.4. The number of benzene rings is 1. The van der Waals surface area contributed by atoms with Gasteiger partial charge in [-0.3, -0.25) is 4.79 Å². The van der Waals surface area contributed by atoms with E-state index in [0.717, 1.165) is 31.5 Å². The highest BCUT2D eigenvalue weighted by Crippen LogP contribution is 2.13. The first-order chi connectivity index (χ1) is 12.0. The third kappa shape index (κ3) is 14.0. The van der Waals surface area contributed by atoms with Crippen molar-refractivity contribution in [2.24, 2.45) is 0 Å². The molecule has 1 aromatic carbocycles. The Hall–Kier alpha value is -2.14. The molecule has 140 valence electrons. The van der Waals surface area contributed by atoms with Gasteiger partial charge in [0.05, 0.1) is 12.2 Å². The van der Waals surface area contributed by atoms with Gasteiger partial charge in [-0.15, -0.1) is 0 Å². The van der Waals surface area contributed by atoms with Gasteiger partial charge in [0.15, 0.2) is 0 Å². The number of aldehydes is 1. The molecule has 0 fully saturated rings. The third-order valence-corrected chi connectivity index (χ3v) is 3.31. The summed E-state index contributed by atoms with van der Waals surface area (Å²) >= 11 is 0. The summed E-state index contributed by atoms with van der Waals surface area (Å²) in [5, 5.41) is 8.78. The molecule has 0 bridgehead atoms. The average molecular weight is 350 g/mol. The quantitative estimate of drug-likeness (QED) is 0.341. The van der Waals surface area contributed by atoms with E-state index in [1.54, 1.807) is 38.3 Å². The predicted molar refractivity (Wildman–Crippen MR) is 99.4 cm³/mol. The second-order valence-electron chi connectivity index (χ2n) is 5.76. The first kappa shape index (κ1) is 22.9. The lowest BCUT2D eigenvalue weighted by Crippen LogP contribution is -1.99. The van der Waals surface area contributed by atoms with E-state index in [2.05, 4.69) is 6.58 Å². The highest BCUT2D eigenvalue weighted by Gasteiger charge is 2.01. The fourth-order valence-electron chi connectivity index (χ4n) is 1.94. The van der Waals surface area contributed by atoms with Gasteiger partial charge in [0.25, 0.3) is 0 Å². The molecule has 0 amide bonds. The largest absolute Gasteiger partial charge is 0.494 e. The Morgan fingerprint density at radius 1 is 1.04 bits per heavy atom. The number of methoxy groups -OCH3 is 1. The number of aromatic carboxylic acids is 1. The standard InChI is InChI=1S/C16H24O4.C4H6O/c1-19-12-6-4-2-3-5-7-13-20-15-10-8-14(9-11-15)16(17)18;1-4(2)3-5/h8-11H,2-7,12-13H2,1H3,(H,17,18);3H,1H2,2H3. The summed E-state index contributed by atoms with van der Waals surface area (Å²) in [4.78, 5) is 20.1. The zero-order valence-corrected chi connectivity index (χ0v) is 15.3. The maximum atomic E-state index is 10.7. The molecule has 1 rings (SSSR count). The van der Waals surface area contributed by atoms with Gasteiger partial charge in [0, 0.05) is 13.7 Å². The molecule has 0 heterocycles. The van der Waals surface area contributed by atoms with Crippen molar-refractivity contribution < 1.29 is 24.2 Å². The van der Waals surface area contributed by atoms with Crippen LogP contribution in [0.3, 0.4) is 0 Å². The van der Waals surface area contributed by atoms with Crippen molar-refractivity contribution >= 4 is 12.3 Å². The predicted octanol–water partition coefficient (Wildman–Crippen LogP) is 4.51. The summed E-state index contributed by atoms with van der Waals surface area (Å²) in [6, 6.07) is 6.53. The zero-order chi connectivity index (χ0) is 18.9. The molecule has 0 aliphatic heterocycles. The Labute approximate surface area is 150 Å². The maximum absolute atomic E-state index is 10.7. The summed E-state index contributed by atoms with van der Waals surface area (Å²) < 4.78 is 10.6. The lowest BCUT2D eigenvalue weighted by Gasteiger charge is -2.06. The van der Waals surface area contributed by atoms with E-state index in [4.69, 9.17) is 14.6 Å². The van der Waals surface area contributed by atoms with E-state index in [0.29, 0.717) is 12.2 Å². The van der Waals surface area contributed by atoms with Crippen molar-refractivity contribution in [3.63, 3.8) is 0 Å². The number of rotatable bonds is 12. The fraction of sp³-hybridized carbons (Fsp3) is 0.500. The normalized spacial score (nSPS) is 9.68. The Kier molecular flexibility index (Phi) is 14.1. The number of carboxylic acids is 1. The zero-order valence-electron chi connectivity index (χ0n) is 15.3. The van der Waals surface area contributed by atoms with Crippen LogP contribution in [0.25, 0.3) is 0 Å². The minimum absolute atomic E-state index is 0.286. The molecular formula is C20H30O5. The van der Waals surface area contributed by atoms with Gasteiger partial charge in [-0.05, 0) is 49.6 Å². The van der Waals surface area contributed by atoms with Gasteiger partial charge < -0.3 is 14.6 Å². The van der Waals surface area contributed by atoms with E-state index in [1.165, 1.54) is 25.7 Å². The molecule has 0 saturated carbocycles. The van der Waals surface area contributed by atoms with Crippen LogP contribution in [0.4, 0.5) is 0 Å². The van der Waals surface area contributed by atoms with Crippen molar-refractivity contribution in [1.82, 2.24) is 0 Å². The van der Waals surface area contributed by atoms with E-state index < -0.39 is 5.97 Å². The van der Waals surface area contributed by atoms with Crippen LogP contribution in [0, 0.1) is 0 Å². The molecule has 5 nitrogen and oxygen atoms in total. The molecule has 0 radical (unpaired) electrons. The van der Waals surface area contributed by atoms with Crippen molar-refractivity contribution in [2.75, 3.05) is 20.3 Å². The van der Waals surface area contributed by atoms with E-state index >= 15 is 0 Å². The van der Waals surface area contributed by atoms with Crippen LogP contribution in [-0.2, 0) is 9.53 Å². The Morgan fingerprint density at radius 3 is 1.96 bits per heavy atom. The number of carboxylic acid groups (broad SMARTS) is 1. The Bertz CT molecular complexity index is 493. The SMILES string of the molecule is C=C(C)C=O.COCCCCCCCCOc1ccc(C(=O)O)cc1. The first-order valence-corrected chi connectivity index (χ1v) is 8.57. The minimum Gasteiger partial charge on any atom is -0.494 e. The molecule has 0 spiro atoms. The molecule has 1 N–H and O–H groups in total. The number of allylic oxidation sites excluding steroid dienone is 1. The number of carbonyl (C=O) groups is 2. The summed E-state index contributed by atoms with van der Waals surface area (Å²) in [5.41, 5.74) is 0.860. The van der Waals surface area contributed by atoms with Crippen LogP contribution < -0.4 is 4.74 Å². The monoisotopic (exact) mass is 350 g/mol. The van der Waals surface area contributed by atoms with Gasteiger partial charge in [0.1, 0.15) is 12.0 Å². The number of unbranched alkanes of at least 4 members (excludes halogenated alkanes) is 5. The van der Waals surface area contributed by atoms with E-state index in [9.17, 15) is 9.59 Å². The Morgan fingerprint density at radius 2 is 1.52 bits per heavy atom. The molecule has 0 aliphatic carbocycles. The third-order valence-electron chi connectivity index (χ3n) is 3.31. The lowest BCUT2D eigenvalue weighted by molar-refractivity contribution is -0.104. The van der Waals surface area contributed by atoms with Crippen molar-refractivity contribution in [3.05, 3.63) is 42.0 Å². The molecule has 0 atom stereocenters. The molecule has 0 aliphatic rings. The van der Waals surface area contributed by atoms with Gasteiger partial charge >= 0.3 is 5.97 Å². The number of ether oxygens (including phenoxy) is 2. The van der Waals surface area contributed by atoms with Crippen molar-refractivity contribution in [2.45, 2.75) is 45.4 Å². The maximum Gasteiger partial charge on any atom is 0.335 e. The molecule has 0 aromatic heterocycles. The van der Waals surface area contributed by atoms with E-state index in [1.807, 2.05) is 0 Å². The number of carbonyl (C=O) groups excluding carboxylic acids is 1. The highest BCUT2D eigenvalue weighted by atomic mass is 16.5. The topological polar surface area (TPSA) is 72.8 Å². The van der Waals surface area contributed by atoms with Gasteiger partial charge in [-0.1, -0.05) is 32.3 Å². The molecule has 0 saturated heterocycles. The molecule has 5 heteroatoms. The molecule has 1 aromatic rings. The number of hydrogen-bond acceptors (Lipinski definition) is 4. The Balaban J connectivity index is 0.00000101. The smallest absolute Gasteiger partial charge is 0.335 e. The van der Waals surface area contributed by atoms with E-state index in [-0.39, 0.29) is 5.56 Å². The second-order valence-corrected chi connectivity index (χ2v) is 5.76. The minimum atomic E-state index is -0.912. The van der Waals surface area contributed by atoms with Gasteiger partial charge in [-0.25, -0.2) is 4.79 Å². The molecular weight excluding hydrogens is 320 g/mol. The lowest BCUT2D eigenvalue weighted by atomic mass is 10.1. The average Bonchev–Trinajstić information content (AvgIpc) is 2.61. The molecule has 25 heavy (non-hydrogen) atoms. The highest BCUT2D eigenvalue weighted by molar-refractivity contribution is 5.87.